The molecule has 0 unspecified atom stereocenters. The first-order valence-corrected chi connectivity index (χ1v) is 5.49. The van der Waals surface area contributed by atoms with Crippen molar-refractivity contribution in [1.29, 1.82) is 0 Å². The predicted molar refractivity (Wildman–Crippen MR) is 50.5 cm³/mol. The maximum atomic E-state index is 10.1. The lowest BCUT2D eigenvalue weighted by molar-refractivity contribution is -0.136. The lowest BCUT2D eigenvalue weighted by Crippen LogP contribution is -1.95. The van der Waals surface area contributed by atoms with Crippen LogP contribution in [-0.4, -0.2) is 21.8 Å². The summed E-state index contributed by atoms with van der Waals surface area (Å²) in [5.74, 6) is 0.817. The highest BCUT2D eigenvalue weighted by molar-refractivity contribution is 7.98. The quantitative estimate of drug-likeness (QED) is 0.742. The molecule has 0 aliphatic carbocycles. The number of thiazole rings is 1. The SMILES string of the molecule is O=C(O)CCSCc1cncs1. The van der Waals surface area contributed by atoms with E-state index in [0.29, 0.717) is 5.75 Å². The van der Waals surface area contributed by atoms with Gasteiger partial charge >= 0.3 is 5.97 Å². The molecule has 3 nitrogen and oxygen atoms in total. The lowest BCUT2D eigenvalue weighted by Gasteiger charge is -1.94. The predicted octanol–water partition coefficient (Wildman–Crippen LogP) is 1.85. The Balaban J connectivity index is 2.07. The van der Waals surface area contributed by atoms with Crippen LogP contribution in [0.4, 0.5) is 0 Å². The van der Waals surface area contributed by atoms with Gasteiger partial charge in [-0.05, 0) is 0 Å². The minimum Gasteiger partial charge on any atom is -0.481 e. The molecule has 66 valence electrons. The van der Waals surface area contributed by atoms with E-state index in [1.165, 1.54) is 4.88 Å². The standard InChI is InChI=1S/C7H9NO2S2/c9-7(10)1-2-11-4-6-3-8-5-12-6/h3,5H,1-2,4H2,(H,9,10). The van der Waals surface area contributed by atoms with Crippen LogP contribution in [0.15, 0.2) is 11.7 Å². The highest BCUT2D eigenvalue weighted by Crippen LogP contribution is 2.15. The van der Waals surface area contributed by atoms with Crippen molar-refractivity contribution in [2.45, 2.75) is 12.2 Å². The summed E-state index contributed by atoms with van der Waals surface area (Å²) in [4.78, 5) is 15.3. The minimum absolute atomic E-state index is 0.240. The second-order valence-electron chi connectivity index (χ2n) is 2.16. The Labute approximate surface area is 78.8 Å². The monoisotopic (exact) mass is 203 g/mol. The van der Waals surface area contributed by atoms with Crippen molar-refractivity contribution < 1.29 is 9.90 Å². The van der Waals surface area contributed by atoms with Crippen molar-refractivity contribution in [3.8, 4) is 0 Å². The Morgan fingerprint density at radius 1 is 1.75 bits per heavy atom. The van der Waals surface area contributed by atoms with E-state index in [1.54, 1.807) is 28.6 Å². The molecule has 1 aromatic rings. The molecule has 1 rings (SSSR count). The van der Waals surface area contributed by atoms with E-state index >= 15 is 0 Å². The minimum atomic E-state index is -0.730. The molecule has 1 heterocycles. The lowest BCUT2D eigenvalue weighted by atomic mass is 10.5. The molecule has 1 N–H and O–H groups in total. The van der Waals surface area contributed by atoms with Crippen molar-refractivity contribution in [3.05, 3.63) is 16.6 Å². The van der Waals surface area contributed by atoms with Gasteiger partial charge in [0.05, 0.1) is 11.9 Å². The molecule has 0 radical (unpaired) electrons. The Bertz CT molecular complexity index is 236. The first kappa shape index (κ1) is 9.54. The van der Waals surface area contributed by atoms with Crippen LogP contribution >= 0.6 is 23.1 Å². The summed E-state index contributed by atoms with van der Waals surface area (Å²) in [5.41, 5.74) is 1.78. The molecule has 0 aliphatic rings. The number of carbonyl (C=O) groups is 1. The van der Waals surface area contributed by atoms with Crippen molar-refractivity contribution in [2.24, 2.45) is 0 Å². The van der Waals surface area contributed by atoms with Gasteiger partial charge in [0, 0.05) is 22.6 Å². The fourth-order valence-electron chi connectivity index (χ4n) is 0.646. The van der Waals surface area contributed by atoms with Crippen molar-refractivity contribution in [2.75, 3.05) is 5.75 Å². The van der Waals surface area contributed by atoms with Gasteiger partial charge in [0.25, 0.3) is 0 Å². The van der Waals surface area contributed by atoms with E-state index in [9.17, 15) is 4.79 Å². The summed E-state index contributed by atoms with van der Waals surface area (Å²) < 4.78 is 0. The zero-order valence-corrected chi connectivity index (χ0v) is 8.03. The maximum absolute atomic E-state index is 10.1. The van der Waals surface area contributed by atoms with E-state index in [0.717, 1.165) is 5.75 Å². The molecular formula is C7H9NO2S2. The first-order valence-electron chi connectivity index (χ1n) is 3.46. The van der Waals surface area contributed by atoms with Crippen LogP contribution in [0.25, 0.3) is 0 Å². The topological polar surface area (TPSA) is 50.2 Å². The second kappa shape index (κ2) is 5.16. The number of nitrogens with zero attached hydrogens (tertiary/aromatic N) is 1. The summed E-state index contributed by atoms with van der Waals surface area (Å²) in [6.07, 6.45) is 2.06. The number of aromatic nitrogens is 1. The largest absolute Gasteiger partial charge is 0.481 e. The molecule has 0 amide bonds. The highest BCUT2D eigenvalue weighted by atomic mass is 32.2. The summed E-state index contributed by atoms with van der Waals surface area (Å²) in [6, 6.07) is 0. The van der Waals surface area contributed by atoms with Crippen LogP contribution in [-0.2, 0) is 10.5 Å². The van der Waals surface area contributed by atoms with Crippen LogP contribution in [0.3, 0.4) is 0 Å². The number of hydrogen-bond donors (Lipinski definition) is 1. The van der Waals surface area contributed by atoms with Gasteiger partial charge in [0.1, 0.15) is 0 Å². The molecule has 0 atom stereocenters. The van der Waals surface area contributed by atoms with E-state index in [1.807, 2.05) is 6.20 Å². The number of carboxylic acid groups (broad SMARTS) is 1. The average Bonchev–Trinajstić information content (AvgIpc) is 2.49. The zero-order chi connectivity index (χ0) is 8.81. The highest BCUT2D eigenvalue weighted by Gasteiger charge is 1.98. The van der Waals surface area contributed by atoms with Gasteiger partial charge < -0.3 is 5.11 Å². The van der Waals surface area contributed by atoms with Crippen LogP contribution in [0.2, 0.25) is 0 Å². The van der Waals surface area contributed by atoms with Crippen LogP contribution in [0.5, 0.6) is 0 Å². The van der Waals surface area contributed by atoms with Gasteiger partial charge in [-0.15, -0.1) is 11.3 Å². The zero-order valence-electron chi connectivity index (χ0n) is 6.40. The summed E-state index contributed by atoms with van der Waals surface area (Å²) in [5, 5.41) is 8.35. The van der Waals surface area contributed by atoms with Gasteiger partial charge in [-0.1, -0.05) is 0 Å². The number of rotatable bonds is 5. The molecule has 12 heavy (non-hydrogen) atoms. The fraction of sp³-hybridized carbons (Fsp3) is 0.429. The van der Waals surface area contributed by atoms with Crippen molar-refractivity contribution >= 4 is 29.1 Å². The van der Waals surface area contributed by atoms with Gasteiger partial charge in [0.2, 0.25) is 0 Å². The van der Waals surface area contributed by atoms with Gasteiger partial charge in [-0.3, -0.25) is 9.78 Å². The van der Waals surface area contributed by atoms with Crippen LogP contribution in [0.1, 0.15) is 11.3 Å². The van der Waals surface area contributed by atoms with Crippen LogP contribution < -0.4 is 0 Å². The number of aliphatic carboxylic acids is 1. The fourth-order valence-corrected chi connectivity index (χ4v) is 2.29. The summed E-state index contributed by atoms with van der Waals surface area (Å²) in [6.45, 7) is 0. The molecule has 0 saturated heterocycles. The van der Waals surface area contributed by atoms with E-state index in [-0.39, 0.29) is 6.42 Å². The van der Waals surface area contributed by atoms with E-state index in [4.69, 9.17) is 5.11 Å². The summed E-state index contributed by atoms with van der Waals surface area (Å²) in [7, 11) is 0. The molecule has 0 spiro atoms. The number of thioether (sulfide) groups is 1. The third kappa shape index (κ3) is 3.73. The Morgan fingerprint density at radius 3 is 3.17 bits per heavy atom. The van der Waals surface area contributed by atoms with E-state index in [2.05, 4.69) is 4.98 Å². The van der Waals surface area contributed by atoms with Crippen molar-refractivity contribution in [3.63, 3.8) is 0 Å². The molecule has 0 aromatic carbocycles. The Morgan fingerprint density at radius 2 is 2.58 bits per heavy atom. The third-order valence-corrected chi connectivity index (χ3v) is 3.16. The normalized spacial score (nSPS) is 10.0. The smallest absolute Gasteiger partial charge is 0.304 e. The number of carboxylic acids is 1. The molecule has 0 aliphatic heterocycles. The van der Waals surface area contributed by atoms with Gasteiger partial charge in [0.15, 0.2) is 0 Å². The van der Waals surface area contributed by atoms with Crippen LogP contribution in [0, 0.1) is 0 Å². The average molecular weight is 203 g/mol. The molecule has 1 aromatic heterocycles. The maximum Gasteiger partial charge on any atom is 0.304 e. The Hall–Kier alpha value is -0.550. The molecule has 0 saturated carbocycles. The van der Waals surface area contributed by atoms with Gasteiger partial charge in [-0.25, -0.2) is 0 Å². The molecule has 5 heteroatoms. The second-order valence-corrected chi connectivity index (χ2v) is 4.24. The first-order chi connectivity index (χ1) is 5.79. The Kier molecular flexibility index (Phi) is 4.10. The number of hydrogen-bond acceptors (Lipinski definition) is 4. The summed E-state index contributed by atoms with van der Waals surface area (Å²) >= 11 is 3.23. The third-order valence-electron chi connectivity index (χ3n) is 1.19. The van der Waals surface area contributed by atoms with Crippen molar-refractivity contribution in [1.82, 2.24) is 4.98 Å². The van der Waals surface area contributed by atoms with Gasteiger partial charge in [-0.2, -0.15) is 11.8 Å². The molecular weight excluding hydrogens is 194 g/mol. The molecule has 0 fully saturated rings. The molecule has 0 bridgehead atoms. The van der Waals surface area contributed by atoms with E-state index < -0.39 is 5.97 Å².